The number of sulfonamides is 1. The maximum Gasteiger partial charge on any atom is 0.244 e. The Labute approximate surface area is 125 Å². The number of pyridine rings is 1. The Balaban J connectivity index is 2.31. The molecular formula is C15H19N3O2S. The summed E-state index contributed by atoms with van der Waals surface area (Å²) in [5.41, 5.74) is 7.57. The minimum Gasteiger partial charge on any atom is -0.384 e. The molecular weight excluding hydrogens is 286 g/mol. The summed E-state index contributed by atoms with van der Waals surface area (Å²) in [5.74, 6) is 0.295. The lowest BCUT2D eigenvalue weighted by atomic mass is 10.1. The van der Waals surface area contributed by atoms with Gasteiger partial charge in [-0.25, -0.2) is 13.4 Å². The zero-order chi connectivity index (χ0) is 15.6. The van der Waals surface area contributed by atoms with Gasteiger partial charge in [0.15, 0.2) is 0 Å². The first-order chi connectivity index (χ1) is 9.82. The molecule has 0 bridgehead atoms. The van der Waals surface area contributed by atoms with Crippen LogP contribution in [0.5, 0.6) is 0 Å². The van der Waals surface area contributed by atoms with Gasteiger partial charge in [-0.3, -0.25) is 0 Å². The fourth-order valence-corrected chi connectivity index (χ4v) is 3.27. The van der Waals surface area contributed by atoms with Crippen molar-refractivity contribution >= 4 is 15.8 Å². The number of nitrogens with two attached hydrogens (primary N) is 1. The molecule has 21 heavy (non-hydrogen) atoms. The second-order valence-electron chi connectivity index (χ2n) is 5.03. The highest BCUT2D eigenvalue weighted by molar-refractivity contribution is 7.89. The van der Waals surface area contributed by atoms with Gasteiger partial charge < -0.3 is 5.73 Å². The molecule has 0 saturated heterocycles. The standard InChI is InChI=1S/C15H19N3O2S/c1-11-4-6-13(7-5-11)12(2)18(3)21(19,20)14-8-9-15(16)17-10-14/h4-10,12H,1-3H3,(H2,16,17). The van der Waals surface area contributed by atoms with Crippen molar-refractivity contribution in [2.24, 2.45) is 0 Å². The predicted octanol–water partition coefficient (Wildman–Crippen LogP) is 2.35. The van der Waals surface area contributed by atoms with Crippen molar-refractivity contribution in [2.75, 3.05) is 12.8 Å². The van der Waals surface area contributed by atoms with E-state index < -0.39 is 10.0 Å². The summed E-state index contributed by atoms with van der Waals surface area (Å²) < 4.78 is 26.5. The van der Waals surface area contributed by atoms with Gasteiger partial charge in [-0.05, 0) is 31.5 Å². The molecule has 0 aliphatic rings. The number of benzene rings is 1. The highest BCUT2D eigenvalue weighted by Crippen LogP contribution is 2.25. The van der Waals surface area contributed by atoms with Gasteiger partial charge in [-0.2, -0.15) is 4.31 Å². The Morgan fingerprint density at radius 3 is 2.29 bits per heavy atom. The Hall–Kier alpha value is -1.92. The van der Waals surface area contributed by atoms with E-state index in [-0.39, 0.29) is 10.9 Å². The number of hydrogen-bond donors (Lipinski definition) is 1. The number of nitrogen functional groups attached to an aromatic ring is 1. The quantitative estimate of drug-likeness (QED) is 0.940. The van der Waals surface area contributed by atoms with Crippen LogP contribution in [0.1, 0.15) is 24.1 Å². The summed E-state index contributed by atoms with van der Waals surface area (Å²) in [5, 5.41) is 0. The van der Waals surface area contributed by atoms with Crippen LogP contribution in [0.25, 0.3) is 0 Å². The van der Waals surface area contributed by atoms with Crippen molar-refractivity contribution in [3.63, 3.8) is 0 Å². The molecule has 1 aromatic carbocycles. The van der Waals surface area contributed by atoms with Gasteiger partial charge in [0.2, 0.25) is 10.0 Å². The van der Waals surface area contributed by atoms with E-state index in [4.69, 9.17) is 5.73 Å². The molecule has 112 valence electrons. The Morgan fingerprint density at radius 2 is 1.76 bits per heavy atom. The Bertz CT molecular complexity index is 710. The fourth-order valence-electron chi connectivity index (χ4n) is 1.97. The molecule has 0 aliphatic heterocycles. The van der Waals surface area contributed by atoms with E-state index in [0.29, 0.717) is 5.82 Å². The molecule has 5 nitrogen and oxygen atoms in total. The number of aromatic nitrogens is 1. The second-order valence-corrected chi connectivity index (χ2v) is 7.02. The van der Waals surface area contributed by atoms with E-state index >= 15 is 0 Å². The molecule has 0 aliphatic carbocycles. The zero-order valence-corrected chi connectivity index (χ0v) is 13.1. The third kappa shape index (κ3) is 3.22. The smallest absolute Gasteiger partial charge is 0.244 e. The lowest BCUT2D eigenvalue weighted by molar-refractivity contribution is 0.398. The lowest BCUT2D eigenvalue weighted by Crippen LogP contribution is -2.29. The molecule has 0 spiro atoms. The van der Waals surface area contributed by atoms with E-state index in [1.54, 1.807) is 7.05 Å². The van der Waals surface area contributed by atoms with Crippen molar-refractivity contribution in [3.8, 4) is 0 Å². The molecule has 2 aromatic rings. The summed E-state index contributed by atoms with van der Waals surface area (Å²) in [7, 11) is -2.03. The van der Waals surface area contributed by atoms with Crippen LogP contribution in [0, 0.1) is 6.92 Å². The molecule has 0 saturated carbocycles. The molecule has 1 aromatic heterocycles. The summed E-state index contributed by atoms with van der Waals surface area (Å²) in [6.45, 7) is 3.85. The molecule has 1 unspecified atom stereocenters. The third-order valence-corrected chi connectivity index (χ3v) is 5.45. The SMILES string of the molecule is Cc1ccc(C(C)N(C)S(=O)(=O)c2ccc(N)nc2)cc1. The van der Waals surface area contributed by atoms with Crippen molar-refractivity contribution in [2.45, 2.75) is 24.8 Å². The van der Waals surface area contributed by atoms with Crippen LogP contribution in [-0.2, 0) is 10.0 Å². The number of aryl methyl sites for hydroxylation is 1. The van der Waals surface area contributed by atoms with Gasteiger partial charge >= 0.3 is 0 Å². The Morgan fingerprint density at radius 1 is 1.14 bits per heavy atom. The van der Waals surface area contributed by atoms with Crippen molar-refractivity contribution < 1.29 is 8.42 Å². The average Bonchev–Trinajstić information content (AvgIpc) is 2.47. The van der Waals surface area contributed by atoms with Crippen LogP contribution < -0.4 is 5.73 Å². The van der Waals surface area contributed by atoms with Crippen LogP contribution in [-0.4, -0.2) is 24.8 Å². The molecule has 2 rings (SSSR count). The minimum atomic E-state index is -3.60. The minimum absolute atomic E-state index is 0.137. The number of anilines is 1. The maximum atomic E-state index is 12.6. The second kappa shape index (κ2) is 5.83. The van der Waals surface area contributed by atoms with Crippen LogP contribution in [0.4, 0.5) is 5.82 Å². The Kier molecular flexibility index (Phi) is 4.29. The average molecular weight is 305 g/mol. The van der Waals surface area contributed by atoms with Crippen LogP contribution in [0.15, 0.2) is 47.5 Å². The van der Waals surface area contributed by atoms with Crippen LogP contribution in [0.3, 0.4) is 0 Å². The topological polar surface area (TPSA) is 76.3 Å². The van der Waals surface area contributed by atoms with Gasteiger partial charge in [0.1, 0.15) is 10.7 Å². The van der Waals surface area contributed by atoms with E-state index in [1.165, 1.54) is 22.6 Å². The first-order valence-electron chi connectivity index (χ1n) is 6.58. The number of nitrogens with zero attached hydrogens (tertiary/aromatic N) is 2. The summed E-state index contributed by atoms with van der Waals surface area (Å²) in [6, 6.07) is 10.5. The molecule has 2 N–H and O–H groups in total. The van der Waals surface area contributed by atoms with Crippen LogP contribution >= 0.6 is 0 Å². The molecule has 1 atom stereocenters. The maximum absolute atomic E-state index is 12.6. The molecule has 6 heteroatoms. The fraction of sp³-hybridized carbons (Fsp3) is 0.267. The number of rotatable bonds is 4. The van der Waals surface area contributed by atoms with Crippen molar-refractivity contribution in [3.05, 3.63) is 53.7 Å². The molecule has 0 radical (unpaired) electrons. The van der Waals surface area contributed by atoms with Crippen molar-refractivity contribution in [1.82, 2.24) is 9.29 Å². The van der Waals surface area contributed by atoms with Gasteiger partial charge in [-0.15, -0.1) is 0 Å². The van der Waals surface area contributed by atoms with Gasteiger partial charge in [-0.1, -0.05) is 29.8 Å². The monoisotopic (exact) mass is 305 g/mol. The largest absolute Gasteiger partial charge is 0.384 e. The van der Waals surface area contributed by atoms with E-state index in [0.717, 1.165) is 11.1 Å². The van der Waals surface area contributed by atoms with Gasteiger partial charge in [0.05, 0.1) is 0 Å². The first-order valence-corrected chi connectivity index (χ1v) is 8.02. The zero-order valence-electron chi connectivity index (χ0n) is 12.3. The third-order valence-electron chi connectivity index (χ3n) is 3.54. The highest BCUT2D eigenvalue weighted by Gasteiger charge is 2.26. The summed E-state index contributed by atoms with van der Waals surface area (Å²) in [6.07, 6.45) is 1.28. The van der Waals surface area contributed by atoms with E-state index in [2.05, 4.69) is 4.98 Å². The van der Waals surface area contributed by atoms with E-state index in [1.807, 2.05) is 38.1 Å². The van der Waals surface area contributed by atoms with Gasteiger partial charge in [0, 0.05) is 19.3 Å². The predicted molar refractivity (Wildman–Crippen MR) is 83.2 cm³/mol. The highest BCUT2D eigenvalue weighted by atomic mass is 32.2. The summed E-state index contributed by atoms with van der Waals surface area (Å²) >= 11 is 0. The molecule has 1 heterocycles. The summed E-state index contributed by atoms with van der Waals surface area (Å²) in [4.78, 5) is 3.98. The van der Waals surface area contributed by atoms with Crippen LogP contribution in [0.2, 0.25) is 0 Å². The normalized spacial score (nSPS) is 13.3. The van der Waals surface area contributed by atoms with Gasteiger partial charge in [0.25, 0.3) is 0 Å². The number of hydrogen-bond acceptors (Lipinski definition) is 4. The van der Waals surface area contributed by atoms with E-state index in [9.17, 15) is 8.42 Å². The lowest BCUT2D eigenvalue weighted by Gasteiger charge is -2.24. The molecule has 0 fully saturated rings. The van der Waals surface area contributed by atoms with Crippen molar-refractivity contribution in [1.29, 1.82) is 0 Å². The molecule has 0 amide bonds. The first kappa shape index (κ1) is 15.5.